The SMILES string of the molecule is CCOCCCNCCCCCCSC. The van der Waals surface area contributed by atoms with Crippen molar-refractivity contribution in [3.05, 3.63) is 0 Å². The summed E-state index contributed by atoms with van der Waals surface area (Å²) in [6.45, 7) is 6.06. The van der Waals surface area contributed by atoms with E-state index in [0.717, 1.165) is 26.2 Å². The van der Waals surface area contributed by atoms with Gasteiger partial charge in [0.05, 0.1) is 0 Å². The van der Waals surface area contributed by atoms with Crippen molar-refractivity contribution < 1.29 is 4.74 Å². The van der Waals surface area contributed by atoms with Crippen molar-refractivity contribution in [3.63, 3.8) is 0 Å². The summed E-state index contributed by atoms with van der Waals surface area (Å²) in [7, 11) is 0. The predicted octanol–water partition coefficient (Wildman–Crippen LogP) is 2.93. The summed E-state index contributed by atoms with van der Waals surface area (Å²) in [5.74, 6) is 1.32. The van der Waals surface area contributed by atoms with Crippen LogP contribution in [0.1, 0.15) is 39.0 Å². The molecule has 0 atom stereocenters. The molecule has 3 heteroatoms. The van der Waals surface area contributed by atoms with Crippen LogP contribution in [0.2, 0.25) is 0 Å². The minimum Gasteiger partial charge on any atom is -0.382 e. The molecule has 92 valence electrons. The Morgan fingerprint density at radius 3 is 2.47 bits per heavy atom. The van der Waals surface area contributed by atoms with Crippen molar-refractivity contribution in [2.24, 2.45) is 0 Å². The number of hydrogen-bond donors (Lipinski definition) is 1. The third-order valence-corrected chi connectivity index (χ3v) is 3.00. The smallest absolute Gasteiger partial charge is 0.0477 e. The summed E-state index contributed by atoms with van der Waals surface area (Å²) in [4.78, 5) is 0. The summed E-state index contributed by atoms with van der Waals surface area (Å²) >= 11 is 1.95. The molecule has 0 saturated heterocycles. The Morgan fingerprint density at radius 1 is 1.00 bits per heavy atom. The molecule has 0 amide bonds. The van der Waals surface area contributed by atoms with Crippen molar-refractivity contribution >= 4 is 11.8 Å². The van der Waals surface area contributed by atoms with Gasteiger partial charge >= 0.3 is 0 Å². The molecule has 0 rings (SSSR count). The predicted molar refractivity (Wildman–Crippen MR) is 70.8 cm³/mol. The number of rotatable bonds is 12. The largest absolute Gasteiger partial charge is 0.382 e. The Morgan fingerprint density at radius 2 is 1.73 bits per heavy atom. The van der Waals surface area contributed by atoms with E-state index >= 15 is 0 Å². The zero-order valence-electron chi connectivity index (χ0n) is 10.4. The molecule has 0 saturated carbocycles. The standard InChI is InChI=1S/C12H27NOS/c1-3-14-11-8-10-13-9-6-4-5-7-12-15-2/h13H,3-12H2,1-2H3. The molecule has 0 aromatic heterocycles. The number of hydrogen-bond acceptors (Lipinski definition) is 3. The Balaban J connectivity index is 2.81. The fraction of sp³-hybridized carbons (Fsp3) is 1.00. The van der Waals surface area contributed by atoms with Crippen LogP contribution in [0.4, 0.5) is 0 Å². The topological polar surface area (TPSA) is 21.3 Å². The lowest BCUT2D eigenvalue weighted by atomic mass is 10.2. The third-order valence-electron chi connectivity index (χ3n) is 2.30. The molecule has 0 aliphatic carbocycles. The zero-order valence-corrected chi connectivity index (χ0v) is 11.2. The number of nitrogens with one attached hydrogen (secondary N) is 1. The van der Waals surface area contributed by atoms with Crippen LogP contribution >= 0.6 is 11.8 Å². The first kappa shape index (κ1) is 15.3. The van der Waals surface area contributed by atoms with Crippen molar-refractivity contribution in [1.29, 1.82) is 0 Å². The highest BCUT2D eigenvalue weighted by atomic mass is 32.2. The van der Waals surface area contributed by atoms with Crippen LogP contribution < -0.4 is 5.32 Å². The number of thioether (sulfide) groups is 1. The zero-order chi connectivity index (χ0) is 11.2. The van der Waals surface area contributed by atoms with Crippen molar-refractivity contribution in [2.75, 3.05) is 38.3 Å². The average Bonchev–Trinajstić information content (AvgIpc) is 2.26. The van der Waals surface area contributed by atoms with E-state index in [0.29, 0.717) is 0 Å². The summed E-state index contributed by atoms with van der Waals surface area (Å²) in [5.41, 5.74) is 0. The fourth-order valence-electron chi connectivity index (χ4n) is 1.42. The van der Waals surface area contributed by atoms with Gasteiger partial charge in [0.2, 0.25) is 0 Å². The van der Waals surface area contributed by atoms with Gasteiger partial charge < -0.3 is 10.1 Å². The Kier molecular flexibility index (Phi) is 14.5. The lowest BCUT2D eigenvalue weighted by molar-refractivity contribution is 0.145. The van der Waals surface area contributed by atoms with Gasteiger partial charge in [-0.2, -0.15) is 11.8 Å². The second kappa shape index (κ2) is 14.3. The number of unbranched alkanes of at least 4 members (excludes halogenated alkanes) is 3. The number of ether oxygens (including phenoxy) is 1. The summed E-state index contributed by atoms with van der Waals surface area (Å²) in [6.07, 6.45) is 8.79. The molecule has 0 aromatic rings. The highest BCUT2D eigenvalue weighted by molar-refractivity contribution is 7.98. The summed E-state index contributed by atoms with van der Waals surface area (Å²) in [6, 6.07) is 0. The van der Waals surface area contributed by atoms with Gasteiger partial charge in [-0.05, 0) is 51.3 Å². The first-order chi connectivity index (χ1) is 7.41. The van der Waals surface area contributed by atoms with Crippen molar-refractivity contribution in [1.82, 2.24) is 5.32 Å². The van der Waals surface area contributed by atoms with E-state index in [1.807, 2.05) is 18.7 Å². The van der Waals surface area contributed by atoms with Gasteiger partial charge in [-0.15, -0.1) is 0 Å². The maximum absolute atomic E-state index is 5.26. The molecule has 0 aromatic carbocycles. The van der Waals surface area contributed by atoms with Crippen LogP contribution in [0.25, 0.3) is 0 Å². The van der Waals surface area contributed by atoms with E-state index < -0.39 is 0 Å². The summed E-state index contributed by atoms with van der Waals surface area (Å²) < 4.78 is 5.26. The Bertz CT molecular complexity index is 99.8. The van der Waals surface area contributed by atoms with Gasteiger partial charge in [0.25, 0.3) is 0 Å². The van der Waals surface area contributed by atoms with Crippen LogP contribution in [-0.4, -0.2) is 38.3 Å². The normalized spacial score (nSPS) is 10.8. The van der Waals surface area contributed by atoms with Crippen molar-refractivity contribution in [3.8, 4) is 0 Å². The quantitative estimate of drug-likeness (QED) is 0.524. The molecule has 0 heterocycles. The highest BCUT2D eigenvalue weighted by Crippen LogP contribution is 2.03. The maximum atomic E-state index is 5.26. The lowest BCUT2D eigenvalue weighted by Gasteiger charge is -2.04. The van der Waals surface area contributed by atoms with E-state index in [-0.39, 0.29) is 0 Å². The van der Waals surface area contributed by atoms with Gasteiger partial charge in [-0.1, -0.05) is 12.8 Å². The molecule has 0 bridgehead atoms. The van der Waals surface area contributed by atoms with Crippen LogP contribution in [0.15, 0.2) is 0 Å². The molecule has 0 fully saturated rings. The van der Waals surface area contributed by atoms with E-state index in [2.05, 4.69) is 11.6 Å². The van der Waals surface area contributed by atoms with Crippen molar-refractivity contribution in [2.45, 2.75) is 39.0 Å². The first-order valence-corrected chi connectivity index (χ1v) is 7.58. The summed E-state index contributed by atoms with van der Waals surface area (Å²) in [5, 5.41) is 3.45. The molecule has 0 aliphatic heterocycles. The van der Waals surface area contributed by atoms with Gasteiger partial charge in [-0.25, -0.2) is 0 Å². The molecule has 0 unspecified atom stereocenters. The molecule has 2 nitrogen and oxygen atoms in total. The second-order valence-corrected chi connectivity index (χ2v) is 4.69. The molecule has 0 radical (unpaired) electrons. The maximum Gasteiger partial charge on any atom is 0.0477 e. The molecule has 15 heavy (non-hydrogen) atoms. The van der Waals surface area contributed by atoms with Crippen LogP contribution in [0, 0.1) is 0 Å². The fourth-order valence-corrected chi connectivity index (χ4v) is 1.91. The second-order valence-electron chi connectivity index (χ2n) is 3.71. The molecule has 0 aliphatic rings. The monoisotopic (exact) mass is 233 g/mol. The third kappa shape index (κ3) is 14.3. The first-order valence-electron chi connectivity index (χ1n) is 6.19. The van der Waals surface area contributed by atoms with E-state index in [9.17, 15) is 0 Å². The average molecular weight is 233 g/mol. The van der Waals surface area contributed by atoms with Gasteiger partial charge in [-0.3, -0.25) is 0 Å². The Labute approximate surface area is 99.5 Å². The van der Waals surface area contributed by atoms with E-state index in [1.165, 1.54) is 38.0 Å². The van der Waals surface area contributed by atoms with Crippen LogP contribution in [0.5, 0.6) is 0 Å². The minimum absolute atomic E-state index is 0.843. The van der Waals surface area contributed by atoms with E-state index in [4.69, 9.17) is 4.74 Å². The molecular weight excluding hydrogens is 206 g/mol. The van der Waals surface area contributed by atoms with Gasteiger partial charge in [0.15, 0.2) is 0 Å². The molecular formula is C12H27NOS. The van der Waals surface area contributed by atoms with Crippen LogP contribution in [0.3, 0.4) is 0 Å². The minimum atomic E-state index is 0.843. The van der Waals surface area contributed by atoms with E-state index in [1.54, 1.807) is 0 Å². The van der Waals surface area contributed by atoms with Gasteiger partial charge in [0, 0.05) is 13.2 Å². The lowest BCUT2D eigenvalue weighted by Crippen LogP contribution is -2.18. The van der Waals surface area contributed by atoms with Gasteiger partial charge in [0.1, 0.15) is 0 Å². The van der Waals surface area contributed by atoms with Crippen LogP contribution in [-0.2, 0) is 4.74 Å². The Hall–Kier alpha value is 0.270. The molecule has 0 spiro atoms. The molecule has 1 N–H and O–H groups in total. The highest BCUT2D eigenvalue weighted by Gasteiger charge is 1.91.